The average Bonchev–Trinajstić information content (AvgIpc) is 3.82. The van der Waals surface area contributed by atoms with Gasteiger partial charge in [-0.05, 0) is 92.2 Å². The summed E-state index contributed by atoms with van der Waals surface area (Å²) in [7, 11) is 0. The molecule has 5 heteroatoms. The van der Waals surface area contributed by atoms with E-state index < -0.39 is 0 Å². The van der Waals surface area contributed by atoms with Crippen LogP contribution in [0.15, 0.2) is 182 Å². The lowest BCUT2D eigenvalue weighted by Gasteiger charge is -2.42. The molecule has 0 spiro atoms. The van der Waals surface area contributed by atoms with Gasteiger partial charge in [0.15, 0.2) is 11.6 Å². The predicted octanol–water partition coefficient (Wildman–Crippen LogP) is 12.2. The number of rotatable bonds is 5. The highest BCUT2D eigenvalue weighted by molar-refractivity contribution is 6.00. The number of fused-ring (bicyclic) bond motifs is 10. The van der Waals surface area contributed by atoms with Gasteiger partial charge in [-0.15, -0.1) is 0 Å². The SMILES string of the molecule is CC12Cc3c(n(-c4nc(-c5ccccc5)nc(-c5ccccc5)n4)c4ccc(-c5ccc6c(c5)C5C=CC=CC5N6C5=CC=c6ccccc6=CC5)cc34)C=C1c1ccccc1C2(C)C. The molecule has 5 aliphatic rings. The fourth-order valence-corrected chi connectivity index (χ4v) is 11.6. The van der Waals surface area contributed by atoms with Gasteiger partial charge in [-0.1, -0.05) is 179 Å². The third-order valence-corrected chi connectivity index (χ3v) is 15.4. The standard InChI is InChI=1S/C60H47N5/c1-59(2)50-24-14-12-23-46(50)51-36-55-49(37-60(51,59)3)48-35-43(29-33-54(48)65(55)58-62-56(40-18-6-4-7-19-40)61-57(63-58)41-20-8-5-9-21-41)42-28-32-53-47(34-42)45-22-13-15-25-52(45)64(53)44-30-26-38-16-10-11-17-39(38)27-31-44/h4-30,32-36,45,52H,31,37H2,1-3H3. The van der Waals surface area contributed by atoms with E-state index in [2.05, 4.69) is 188 Å². The Hall–Kier alpha value is -7.63. The van der Waals surface area contributed by atoms with Gasteiger partial charge in [-0.3, -0.25) is 4.57 Å². The Labute approximate surface area is 379 Å². The Morgan fingerprint density at radius 3 is 2.08 bits per heavy atom. The molecule has 6 aromatic carbocycles. The van der Waals surface area contributed by atoms with Crippen molar-refractivity contribution in [1.82, 2.24) is 19.5 Å². The number of benzene rings is 6. The largest absolute Gasteiger partial charge is 0.337 e. The fraction of sp³-hybridized carbons (Fsp3) is 0.150. The molecule has 3 atom stereocenters. The van der Waals surface area contributed by atoms with E-state index in [1.54, 1.807) is 0 Å². The minimum atomic E-state index is -0.127. The molecule has 8 aromatic rings. The van der Waals surface area contributed by atoms with Crippen molar-refractivity contribution >= 4 is 40.4 Å². The number of anilines is 1. The molecule has 2 aromatic heterocycles. The third kappa shape index (κ3) is 5.67. The summed E-state index contributed by atoms with van der Waals surface area (Å²) in [6.45, 7) is 7.34. The van der Waals surface area contributed by atoms with Gasteiger partial charge in [0.25, 0.3) is 0 Å². The van der Waals surface area contributed by atoms with Crippen LogP contribution in [-0.4, -0.2) is 25.6 Å². The number of hydrogen-bond donors (Lipinski definition) is 0. The van der Waals surface area contributed by atoms with E-state index in [0.29, 0.717) is 17.6 Å². The van der Waals surface area contributed by atoms with Gasteiger partial charge in [0, 0.05) is 51.1 Å². The van der Waals surface area contributed by atoms with Gasteiger partial charge in [-0.2, -0.15) is 9.97 Å². The summed E-state index contributed by atoms with van der Waals surface area (Å²) in [4.78, 5) is 18.3. The minimum absolute atomic E-state index is 0.0806. The highest BCUT2D eigenvalue weighted by Gasteiger charge is 2.54. The molecule has 1 aliphatic heterocycles. The molecule has 0 amide bonds. The van der Waals surface area contributed by atoms with Crippen LogP contribution in [0.3, 0.4) is 0 Å². The molecule has 0 bridgehead atoms. The maximum absolute atomic E-state index is 5.31. The lowest BCUT2D eigenvalue weighted by molar-refractivity contribution is 0.267. The van der Waals surface area contributed by atoms with Crippen LogP contribution in [0.2, 0.25) is 0 Å². The summed E-state index contributed by atoms with van der Waals surface area (Å²) >= 11 is 0. The summed E-state index contributed by atoms with van der Waals surface area (Å²) in [5.41, 5.74) is 15.8. The van der Waals surface area contributed by atoms with Crippen LogP contribution >= 0.6 is 0 Å². The van der Waals surface area contributed by atoms with Crippen LogP contribution in [-0.2, 0) is 11.8 Å². The molecular weight excluding hydrogens is 791 g/mol. The highest BCUT2D eigenvalue weighted by atomic mass is 15.2. The first-order valence-electron chi connectivity index (χ1n) is 23.0. The lowest BCUT2D eigenvalue weighted by atomic mass is 9.61. The topological polar surface area (TPSA) is 46.8 Å². The van der Waals surface area contributed by atoms with Gasteiger partial charge in [0.1, 0.15) is 0 Å². The zero-order chi connectivity index (χ0) is 43.4. The normalized spacial score (nSPS) is 20.6. The summed E-state index contributed by atoms with van der Waals surface area (Å²) in [6, 6.07) is 52.7. The number of allylic oxidation sites excluding steroid dienone is 5. The number of nitrogens with zero attached hydrogens (tertiary/aromatic N) is 5. The van der Waals surface area contributed by atoms with Crippen LogP contribution in [0.25, 0.3) is 74.6 Å². The van der Waals surface area contributed by atoms with Crippen LogP contribution < -0.4 is 15.3 Å². The first kappa shape index (κ1) is 37.9. The quantitative estimate of drug-likeness (QED) is 0.173. The maximum Gasteiger partial charge on any atom is 0.238 e. The van der Waals surface area contributed by atoms with Crippen LogP contribution in [0, 0.1) is 5.41 Å². The average molecular weight is 838 g/mol. The fourth-order valence-electron chi connectivity index (χ4n) is 11.6. The Morgan fingerprint density at radius 1 is 0.615 bits per heavy atom. The number of aromatic nitrogens is 4. The van der Waals surface area contributed by atoms with E-state index >= 15 is 0 Å². The summed E-state index contributed by atoms with van der Waals surface area (Å²) in [6.07, 6.45) is 20.4. The van der Waals surface area contributed by atoms with Gasteiger partial charge < -0.3 is 4.90 Å². The van der Waals surface area contributed by atoms with Gasteiger partial charge in [0.05, 0.1) is 17.3 Å². The van der Waals surface area contributed by atoms with Crippen molar-refractivity contribution in [2.24, 2.45) is 5.41 Å². The zero-order valence-corrected chi connectivity index (χ0v) is 36.8. The van der Waals surface area contributed by atoms with Crippen molar-refractivity contribution in [3.63, 3.8) is 0 Å². The maximum atomic E-state index is 5.31. The molecule has 65 heavy (non-hydrogen) atoms. The molecule has 0 radical (unpaired) electrons. The second-order valence-electron chi connectivity index (χ2n) is 19.0. The molecule has 0 saturated carbocycles. The first-order chi connectivity index (χ1) is 31.8. The molecule has 3 unspecified atom stereocenters. The van der Waals surface area contributed by atoms with E-state index in [-0.39, 0.29) is 22.8 Å². The molecule has 13 rings (SSSR count). The van der Waals surface area contributed by atoms with Gasteiger partial charge in [-0.25, -0.2) is 4.98 Å². The summed E-state index contributed by atoms with van der Waals surface area (Å²) in [5, 5.41) is 3.80. The van der Waals surface area contributed by atoms with Crippen LogP contribution in [0.1, 0.15) is 61.1 Å². The van der Waals surface area contributed by atoms with Gasteiger partial charge >= 0.3 is 0 Å². The third-order valence-electron chi connectivity index (χ3n) is 15.4. The highest BCUT2D eigenvalue weighted by Crippen LogP contribution is 2.63. The Kier molecular flexibility index (Phi) is 8.27. The number of hydrogen-bond acceptors (Lipinski definition) is 4. The Balaban J connectivity index is 0.999. The van der Waals surface area contributed by atoms with Crippen molar-refractivity contribution in [1.29, 1.82) is 0 Å². The minimum Gasteiger partial charge on any atom is -0.337 e. The predicted molar refractivity (Wildman–Crippen MR) is 267 cm³/mol. The molecular formula is C60H47N5. The van der Waals surface area contributed by atoms with E-state index in [4.69, 9.17) is 15.0 Å². The molecule has 312 valence electrons. The Morgan fingerprint density at radius 2 is 1.29 bits per heavy atom. The monoisotopic (exact) mass is 837 g/mol. The van der Waals surface area contributed by atoms with E-state index in [0.717, 1.165) is 35.2 Å². The molecule has 4 aliphatic carbocycles. The lowest BCUT2D eigenvalue weighted by Crippen LogP contribution is -2.38. The summed E-state index contributed by atoms with van der Waals surface area (Å²) in [5.74, 6) is 2.18. The van der Waals surface area contributed by atoms with E-state index in [1.807, 2.05) is 36.4 Å². The molecule has 0 saturated heterocycles. The van der Waals surface area contributed by atoms with Crippen LogP contribution in [0.5, 0.6) is 0 Å². The smallest absolute Gasteiger partial charge is 0.238 e. The van der Waals surface area contributed by atoms with Crippen molar-refractivity contribution in [2.75, 3.05) is 4.90 Å². The second kappa shape index (κ2) is 14.2. The Bertz CT molecular complexity index is 3490. The van der Waals surface area contributed by atoms with E-state index in [1.165, 1.54) is 66.2 Å². The first-order valence-corrected chi connectivity index (χ1v) is 23.0. The zero-order valence-electron chi connectivity index (χ0n) is 36.8. The second-order valence-corrected chi connectivity index (χ2v) is 19.0. The van der Waals surface area contributed by atoms with Crippen molar-refractivity contribution in [2.45, 2.75) is 51.0 Å². The van der Waals surface area contributed by atoms with Crippen molar-refractivity contribution in [3.8, 4) is 39.9 Å². The van der Waals surface area contributed by atoms with E-state index in [9.17, 15) is 0 Å². The van der Waals surface area contributed by atoms with Crippen LogP contribution in [0.4, 0.5) is 5.69 Å². The molecule has 5 nitrogen and oxygen atoms in total. The van der Waals surface area contributed by atoms with Gasteiger partial charge in [0.2, 0.25) is 5.95 Å². The van der Waals surface area contributed by atoms with Crippen molar-refractivity contribution < 1.29 is 0 Å². The molecule has 0 N–H and O–H groups in total. The molecule has 0 fully saturated rings. The summed E-state index contributed by atoms with van der Waals surface area (Å²) < 4.78 is 2.31. The van der Waals surface area contributed by atoms with Crippen molar-refractivity contribution in [3.05, 3.63) is 220 Å². The molecule has 3 heterocycles.